The van der Waals surface area contributed by atoms with Gasteiger partial charge in [-0.25, -0.2) is 0 Å². The number of aromatic nitrogens is 1. The van der Waals surface area contributed by atoms with E-state index < -0.39 is 0 Å². The molecule has 3 nitrogen and oxygen atoms in total. The van der Waals surface area contributed by atoms with Gasteiger partial charge in [0.15, 0.2) is 0 Å². The molecule has 0 saturated carbocycles. The molecule has 0 aliphatic rings. The first-order chi connectivity index (χ1) is 6.83. The highest BCUT2D eigenvalue weighted by Crippen LogP contribution is 1.96. The maximum absolute atomic E-state index is 11.3. The largest absolute Gasteiger partial charge is 0.352 e. The smallest absolute Gasteiger partial charge is 0.224 e. The minimum Gasteiger partial charge on any atom is -0.352 e. The Bertz CT molecular complexity index is 306. The minimum atomic E-state index is 0.0364. The number of hydrogen-bond donors (Lipinski definition) is 1. The first kappa shape index (κ1) is 10.4. The fourth-order valence-corrected chi connectivity index (χ4v) is 1.04. The van der Waals surface area contributed by atoms with Crippen molar-refractivity contribution in [3.63, 3.8) is 0 Å². The van der Waals surface area contributed by atoms with Crippen LogP contribution in [0.3, 0.4) is 0 Å². The molecule has 0 aromatic carbocycles. The molecule has 0 atom stereocenters. The van der Waals surface area contributed by atoms with Gasteiger partial charge in [0.1, 0.15) is 0 Å². The van der Waals surface area contributed by atoms with E-state index in [2.05, 4.69) is 10.3 Å². The number of hydrogen-bond acceptors (Lipinski definition) is 2. The van der Waals surface area contributed by atoms with E-state index in [9.17, 15) is 4.79 Å². The van der Waals surface area contributed by atoms with E-state index in [1.165, 1.54) is 0 Å². The number of allylic oxidation sites excluding steroid dienone is 1. The van der Waals surface area contributed by atoms with E-state index in [1.807, 2.05) is 31.2 Å². The van der Waals surface area contributed by atoms with E-state index in [1.54, 1.807) is 12.4 Å². The summed E-state index contributed by atoms with van der Waals surface area (Å²) in [5.41, 5.74) is 0.984. The van der Waals surface area contributed by atoms with Crippen molar-refractivity contribution in [2.45, 2.75) is 13.3 Å². The molecule has 1 rings (SSSR count). The summed E-state index contributed by atoms with van der Waals surface area (Å²) < 4.78 is 0. The topological polar surface area (TPSA) is 42.0 Å². The van der Waals surface area contributed by atoms with E-state index >= 15 is 0 Å². The Kier molecular flexibility index (Phi) is 4.41. The van der Waals surface area contributed by atoms with Crippen LogP contribution in [0.5, 0.6) is 0 Å². The van der Waals surface area contributed by atoms with Crippen molar-refractivity contribution in [1.29, 1.82) is 0 Å². The van der Waals surface area contributed by atoms with Crippen LogP contribution in [-0.4, -0.2) is 17.4 Å². The molecule has 0 radical (unpaired) electrons. The normalized spacial score (nSPS) is 10.4. The summed E-state index contributed by atoms with van der Waals surface area (Å²) in [4.78, 5) is 15.2. The number of pyridine rings is 1. The average molecular weight is 190 g/mol. The quantitative estimate of drug-likeness (QED) is 0.727. The highest BCUT2D eigenvalue weighted by atomic mass is 16.1. The van der Waals surface area contributed by atoms with Gasteiger partial charge in [-0.3, -0.25) is 9.78 Å². The molecule has 1 N–H and O–H groups in total. The van der Waals surface area contributed by atoms with Gasteiger partial charge in [0.05, 0.1) is 6.42 Å². The van der Waals surface area contributed by atoms with Gasteiger partial charge < -0.3 is 5.32 Å². The number of carbonyl (C=O) groups excluding carboxylic acids is 1. The summed E-state index contributed by atoms with van der Waals surface area (Å²) >= 11 is 0. The van der Waals surface area contributed by atoms with Gasteiger partial charge in [-0.15, -0.1) is 0 Å². The zero-order valence-electron chi connectivity index (χ0n) is 8.23. The molecular formula is C11H14N2O. The van der Waals surface area contributed by atoms with Crippen molar-refractivity contribution in [1.82, 2.24) is 10.3 Å². The van der Waals surface area contributed by atoms with E-state index in [4.69, 9.17) is 0 Å². The second-order valence-corrected chi connectivity index (χ2v) is 2.91. The van der Waals surface area contributed by atoms with Crippen molar-refractivity contribution in [2.24, 2.45) is 0 Å². The molecule has 1 aromatic heterocycles. The lowest BCUT2D eigenvalue weighted by atomic mass is 10.2. The zero-order valence-corrected chi connectivity index (χ0v) is 8.23. The first-order valence-corrected chi connectivity index (χ1v) is 4.59. The third-order valence-electron chi connectivity index (χ3n) is 1.77. The van der Waals surface area contributed by atoms with Crippen molar-refractivity contribution in [2.75, 3.05) is 6.54 Å². The lowest BCUT2D eigenvalue weighted by Gasteiger charge is -2.01. The second-order valence-electron chi connectivity index (χ2n) is 2.91. The summed E-state index contributed by atoms with van der Waals surface area (Å²) in [6.45, 7) is 2.52. The minimum absolute atomic E-state index is 0.0364. The Labute approximate surface area is 83.9 Å². The SMILES string of the molecule is C/C=C/CNC(=O)Cc1ccncc1. The number of nitrogens with zero attached hydrogens (tertiary/aromatic N) is 1. The molecular weight excluding hydrogens is 176 g/mol. The van der Waals surface area contributed by atoms with Gasteiger partial charge in [0, 0.05) is 18.9 Å². The lowest BCUT2D eigenvalue weighted by Crippen LogP contribution is -2.24. The van der Waals surface area contributed by atoms with Crippen molar-refractivity contribution in [3.8, 4) is 0 Å². The molecule has 3 heteroatoms. The molecule has 0 bridgehead atoms. The maximum atomic E-state index is 11.3. The summed E-state index contributed by atoms with van der Waals surface area (Å²) in [6, 6.07) is 3.68. The molecule has 0 saturated heterocycles. The Morgan fingerprint density at radius 2 is 2.21 bits per heavy atom. The van der Waals surface area contributed by atoms with Crippen LogP contribution < -0.4 is 5.32 Å². The average Bonchev–Trinajstić information content (AvgIpc) is 2.20. The fraction of sp³-hybridized carbons (Fsp3) is 0.273. The molecule has 74 valence electrons. The van der Waals surface area contributed by atoms with E-state index in [0.717, 1.165) is 5.56 Å². The van der Waals surface area contributed by atoms with E-state index in [-0.39, 0.29) is 5.91 Å². The van der Waals surface area contributed by atoms with Crippen molar-refractivity contribution >= 4 is 5.91 Å². The number of rotatable bonds is 4. The van der Waals surface area contributed by atoms with Gasteiger partial charge in [-0.1, -0.05) is 12.2 Å². The number of amides is 1. The summed E-state index contributed by atoms with van der Waals surface area (Å²) in [5.74, 6) is 0.0364. The van der Waals surface area contributed by atoms with Crippen LogP contribution in [0.15, 0.2) is 36.7 Å². The zero-order chi connectivity index (χ0) is 10.2. The highest BCUT2D eigenvalue weighted by molar-refractivity contribution is 5.78. The Morgan fingerprint density at radius 1 is 1.50 bits per heavy atom. The third kappa shape index (κ3) is 3.85. The molecule has 0 aliphatic heterocycles. The molecule has 1 heterocycles. The van der Waals surface area contributed by atoms with Crippen molar-refractivity contribution < 1.29 is 4.79 Å². The Hall–Kier alpha value is -1.64. The summed E-state index contributed by atoms with van der Waals surface area (Å²) in [5, 5.41) is 2.79. The molecule has 0 fully saturated rings. The lowest BCUT2D eigenvalue weighted by molar-refractivity contribution is -0.120. The molecule has 14 heavy (non-hydrogen) atoms. The van der Waals surface area contributed by atoms with Crippen LogP contribution in [0.25, 0.3) is 0 Å². The predicted octanol–water partition coefficient (Wildman–Crippen LogP) is 1.32. The number of nitrogens with one attached hydrogen (secondary N) is 1. The summed E-state index contributed by atoms with van der Waals surface area (Å²) in [6.07, 6.45) is 7.61. The van der Waals surface area contributed by atoms with Crippen LogP contribution in [-0.2, 0) is 11.2 Å². The molecule has 0 unspecified atom stereocenters. The summed E-state index contributed by atoms with van der Waals surface area (Å²) in [7, 11) is 0. The predicted molar refractivity (Wildman–Crippen MR) is 55.8 cm³/mol. The molecule has 0 spiro atoms. The van der Waals surface area contributed by atoms with Gasteiger partial charge in [-0.2, -0.15) is 0 Å². The third-order valence-corrected chi connectivity index (χ3v) is 1.77. The molecule has 1 aromatic rings. The Morgan fingerprint density at radius 3 is 2.86 bits per heavy atom. The van der Waals surface area contributed by atoms with Crippen LogP contribution in [0.4, 0.5) is 0 Å². The van der Waals surface area contributed by atoms with Gasteiger partial charge in [-0.05, 0) is 24.6 Å². The van der Waals surface area contributed by atoms with Gasteiger partial charge in [0.25, 0.3) is 0 Å². The van der Waals surface area contributed by atoms with Crippen LogP contribution >= 0.6 is 0 Å². The first-order valence-electron chi connectivity index (χ1n) is 4.59. The monoisotopic (exact) mass is 190 g/mol. The molecule has 0 aliphatic carbocycles. The van der Waals surface area contributed by atoms with Gasteiger partial charge >= 0.3 is 0 Å². The highest BCUT2D eigenvalue weighted by Gasteiger charge is 2.00. The van der Waals surface area contributed by atoms with Crippen LogP contribution in [0.1, 0.15) is 12.5 Å². The molecule has 1 amide bonds. The van der Waals surface area contributed by atoms with Crippen LogP contribution in [0, 0.1) is 0 Å². The fourth-order valence-electron chi connectivity index (χ4n) is 1.04. The second kappa shape index (κ2) is 5.91. The number of carbonyl (C=O) groups is 1. The van der Waals surface area contributed by atoms with Crippen LogP contribution in [0.2, 0.25) is 0 Å². The standard InChI is InChI=1S/C11H14N2O/c1-2-3-6-13-11(14)9-10-4-7-12-8-5-10/h2-5,7-8H,6,9H2,1H3,(H,13,14)/b3-2+. The Balaban J connectivity index is 2.34. The van der Waals surface area contributed by atoms with Crippen molar-refractivity contribution in [3.05, 3.63) is 42.2 Å². The van der Waals surface area contributed by atoms with Gasteiger partial charge in [0.2, 0.25) is 5.91 Å². The maximum Gasteiger partial charge on any atom is 0.224 e. The van der Waals surface area contributed by atoms with E-state index in [0.29, 0.717) is 13.0 Å².